The molecule has 8 nitrogen and oxygen atoms in total. The molecule has 1 aliphatic rings. The third-order valence-corrected chi connectivity index (χ3v) is 4.00. The van der Waals surface area contributed by atoms with Crippen molar-refractivity contribution < 1.29 is 25.2 Å². The molecule has 2 heterocycles. The van der Waals surface area contributed by atoms with Gasteiger partial charge in [0.05, 0.1) is 12.3 Å². The van der Waals surface area contributed by atoms with Crippen LogP contribution in [-0.2, 0) is 4.74 Å². The van der Waals surface area contributed by atoms with Gasteiger partial charge in [-0.25, -0.2) is 4.79 Å². The van der Waals surface area contributed by atoms with E-state index in [2.05, 4.69) is 4.98 Å². The molecule has 1 fully saturated rings. The van der Waals surface area contributed by atoms with Crippen molar-refractivity contribution in [1.82, 2.24) is 9.55 Å². The molecular weight excluding hydrogens is 328 g/mol. The first-order valence-corrected chi connectivity index (χ1v) is 7.69. The minimum absolute atomic E-state index is 0.0434. The maximum atomic E-state index is 12.2. The van der Waals surface area contributed by atoms with E-state index in [1.807, 2.05) is 6.07 Å². The van der Waals surface area contributed by atoms with Crippen LogP contribution >= 0.6 is 0 Å². The van der Waals surface area contributed by atoms with Gasteiger partial charge in [0.15, 0.2) is 6.23 Å². The zero-order chi connectivity index (χ0) is 18.0. The summed E-state index contributed by atoms with van der Waals surface area (Å²) < 4.78 is 6.33. The van der Waals surface area contributed by atoms with Crippen LogP contribution in [0.4, 0.5) is 0 Å². The van der Waals surface area contributed by atoms with Crippen molar-refractivity contribution >= 4 is 11.8 Å². The summed E-state index contributed by atoms with van der Waals surface area (Å²) >= 11 is 0. The summed E-state index contributed by atoms with van der Waals surface area (Å²) in [5.41, 5.74) is 0.0933. The van der Waals surface area contributed by atoms with Crippen molar-refractivity contribution in [3.05, 3.63) is 64.3 Å². The van der Waals surface area contributed by atoms with Gasteiger partial charge < -0.3 is 25.2 Å². The molecule has 0 amide bonds. The highest BCUT2D eigenvalue weighted by atomic mass is 16.6. The number of nitrogens with zero attached hydrogens (tertiary/aromatic N) is 2. The lowest BCUT2D eigenvalue weighted by molar-refractivity contribution is -0.0549. The van der Waals surface area contributed by atoms with Gasteiger partial charge >= 0.3 is 5.69 Å². The summed E-state index contributed by atoms with van der Waals surface area (Å²) in [5, 5.41) is 38.9. The van der Waals surface area contributed by atoms with Gasteiger partial charge in [-0.3, -0.25) is 4.57 Å². The Labute approximate surface area is 142 Å². The van der Waals surface area contributed by atoms with Gasteiger partial charge in [0, 0.05) is 17.8 Å². The molecule has 4 atom stereocenters. The number of benzene rings is 1. The molecule has 0 aliphatic carbocycles. The van der Waals surface area contributed by atoms with Gasteiger partial charge in [-0.15, -0.1) is 0 Å². The maximum absolute atomic E-state index is 12.2. The van der Waals surface area contributed by atoms with Crippen LogP contribution in [-0.4, -0.2) is 54.9 Å². The summed E-state index contributed by atoms with van der Waals surface area (Å²) in [6, 6.07) is 10.3. The van der Waals surface area contributed by atoms with Gasteiger partial charge in [-0.1, -0.05) is 30.3 Å². The highest BCUT2D eigenvalue weighted by molar-refractivity contribution is 5.74. The number of ether oxygens (including phenoxy) is 1. The van der Waals surface area contributed by atoms with Crippen LogP contribution in [0, 0.1) is 0 Å². The van der Waals surface area contributed by atoms with Crippen molar-refractivity contribution in [2.75, 3.05) is 6.61 Å². The molecule has 4 N–H and O–H groups in total. The Hall–Kier alpha value is -2.52. The minimum atomic E-state index is -1.37. The third-order valence-electron chi connectivity index (χ3n) is 4.00. The number of aliphatic hydroxyl groups excluding tert-OH is 4. The van der Waals surface area contributed by atoms with E-state index in [1.165, 1.54) is 18.3 Å². The molecule has 132 valence electrons. The van der Waals surface area contributed by atoms with Crippen LogP contribution in [0.3, 0.4) is 0 Å². The van der Waals surface area contributed by atoms with Crippen molar-refractivity contribution in [2.24, 2.45) is 0 Å². The van der Waals surface area contributed by atoms with E-state index >= 15 is 0 Å². The zero-order valence-electron chi connectivity index (χ0n) is 13.1. The molecule has 1 aromatic heterocycles. The fourth-order valence-corrected chi connectivity index (χ4v) is 2.64. The van der Waals surface area contributed by atoms with Gasteiger partial charge in [0.2, 0.25) is 0 Å². The van der Waals surface area contributed by atoms with Crippen molar-refractivity contribution in [1.29, 1.82) is 0 Å². The monoisotopic (exact) mass is 346 g/mol. The molecular formula is C17H18N2O6. The fourth-order valence-electron chi connectivity index (χ4n) is 2.64. The summed E-state index contributed by atoms with van der Waals surface area (Å²) in [4.78, 5) is 16.0. The van der Waals surface area contributed by atoms with Crippen molar-refractivity contribution in [3.63, 3.8) is 0 Å². The van der Waals surface area contributed by atoms with Crippen LogP contribution in [0.5, 0.6) is 0 Å². The SMILES string of the molecule is O=c1nc(/C=C(\O)c2ccccc2)ccn1C1OC(CO)C(O)C1O. The topological polar surface area (TPSA) is 125 Å². The standard InChI is InChI=1S/C17H18N2O6/c20-9-13-14(22)15(23)16(25-13)19-7-6-11(18-17(19)24)8-12(21)10-4-2-1-3-5-10/h1-8,13-16,20-23H,9H2/b12-8-. The quantitative estimate of drug-likeness (QED) is 0.570. The normalized spacial score (nSPS) is 26.8. The molecule has 3 rings (SSSR count). The fraction of sp³-hybridized carbons (Fsp3) is 0.294. The Morgan fingerprint density at radius 2 is 1.92 bits per heavy atom. The molecule has 8 heteroatoms. The van der Waals surface area contributed by atoms with Gasteiger partial charge in [-0.2, -0.15) is 4.98 Å². The van der Waals surface area contributed by atoms with Crippen LogP contribution in [0.1, 0.15) is 17.5 Å². The molecule has 0 spiro atoms. The highest BCUT2D eigenvalue weighted by Gasteiger charge is 2.43. The Kier molecular flexibility index (Phi) is 4.95. The predicted octanol–water partition coefficient (Wildman–Crippen LogP) is -0.0891. The number of aliphatic hydroxyl groups is 4. The molecule has 4 unspecified atom stereocenters. The second-order valence-electron chi connectivity index (χ2n) is 5.67. The van der Waals surface area contributed by atoms with Gasteiger partial charge in [-0.05, 0) is 6.07 Å². The molecule has 1 saturated heterocycles. The largest absolute Gasteiger partial charge is 0.507 e. The second-order valence-corrected chi connectivity index (χ2v) is 5.67. The maximum Gasteiger partial charge on any atom is 0.350 e. The summed E-state index contributed by atoms with van der Waals surface area (Å²) in [6.45, 7) is -0.483. The lowest BCUT2D eigenvalue weighted by Crippen LogP contribution is -2.36. The van der Waals surface area contributed by atoms with E-state index in [4.69, 9.17) is 9.84 Å². The van der Waals surface area contributed by atoms with Crippen molar-refractivity contribution in [2.45, 2.75) is 24.5 Å². The number of aromatic nitrogens is 2. The number of hydrogen-bond acceptors (Lipinski definition) is 7. The van der Waals surface area contributed by atoms with Gasteiger partial charge in [0.25, 0.3) is 0 Å². The van der Waals surface area contributed by atoms with Crippen LogP contribution < -0.4 is 5.69 Å². The molecule has 0 saturated carbocycles. The summed E-state index contributed by atoms with van der Waals surface area (Å²) in [6.07, 6.45) is -2.10. The summed E-state index contributed by atoms with van der Waals surface area (Å²) in [5.74, 6) is -0.0434. The van der Waals surface area contributed by atoms with Crippen LogP contribution in [0.15, 0.2) is 47.4 Å². The Morgan fingerprint density at radius 1 is 1.20 bits per heavy atom. The van der Waals surface area contributed by atoms with E-state index in [0.29, 0.717) is 5.56 Å². The Bertz CT molecular complexity index is 819. The highest BCUT2D eigenvalue weighted by Crippen LogP contribution is 2.28. The molecule has 1 aromatic carbocycles. The van der Waals surface area contributed by atoms with Crippen LogP contribution in [0.25, 0.3) is 11.8 Å². The Morgan fingerprint density at radius 3 is 2.52 bits per heavy atom. The van der Waals surface area contributed by atoms with E-state index in [1.54, 1.807) is 24.3 Å². The number of hydrogen-bond donors (Lipinski definition) is 4. The zero-order valence-corrected chi connectivity index (χ0v) is 13.1. The summed E-state index contributed by atoms with van der Waals surface area (Å²) in [7, 11) is 0. The van der Waals surface area contributed by atoms with Crippen LogP contribution in [0.2, 0.25) is 0 Å². The predicted molar refractivity (Wildman–Crippen MR) is 88.4 cm³/mol. The molecule has 0 radical (unpaired) electrons. The van der Waals surface area contributed by atoms with Gasteiger partial charge in [0.1, 0.15) is 24.1 Å². The molecule has 25 heavy (non-hydrogen) atoms. The average Bonchev–Trinajstić information content (AvgIpc) is 2.91. The van der Waals surface area contributed by atoms with E-state index in [9.17, 15) is 20.1 Å². The third kappa shape index (κ3) is 3.47. The lowest BCUT2D eigenvalue weighted by atomic mass is 10.1. The van der Waals surface area contributed by atoms with E-state index in [0.717, 1.165) is 4.57 Å². The number of rotatable bonds is 4. The first-order chi connectivity index (χ1) is 12.0. The van der Waals surface area contributed by atoms with E-state index < -0.39 is 36.8 Å². The average molecular weight is 346 g/mol. The van der Waals surface area contributed by atoms with Crippen molar-refractivity contribution in [3.8, 4) is 0 Å². The minimum Gasteiger partial charge on any atom is -0.507 e. The first-order valence-electron chi connectivity index (χ1n) is 7.69. The molecule has 1 aliphatic heterocycles. The smallest absolute Gasteiger partial charge is 0.350 e. The lowest BCUT2D eigenvalue weighted by Gasteiger charge is -2.16. The first kappa shape index (κ1) is 17.3. The molecule has 2 aromatic rings. The molecule has 0 bridgehead atoms. The van der Waals surface area contributed by atoms with E-state index in [-0.39, 0.29) is 11.5 Å². The Balaban J connectivity index is 1.86. The second kappa shape index (κ2) is 7.16.